The molecule has 1 heteroatoms. The zero-order chi connectivity index (χ0) is 10.6. The summed E-state index contributed by atoms with van der Waals surface area (Å²) in [5.74, 6) is 0.889. The molecule has 1 atom stereocenters. The van der Waals surface area contributed by atoms with Crippen LogP contribution in [0.1, 0.15) is 30.0 Å². The van der Waals surface area contributed by atoms with E-state index in [1.165, 1.54) is 24.8 Å². The summed E-state index contributed by atoms with van der Waals surface area (Å²) in [6.45, 7) is 4.53. The fourth-order valence-electron chi connectivity index (χ4n) is 2.07. The maximum Gasteiger partial charge on any atom is -0.0121 e. The maximum atomic E-state index is 2.35. The van der Waals surface area contributed by atoms with E-state index in [2.05, 4.69) is 54.6 Å². The monoisotopic (exact) mass is 302 g/mol. The molecule has 0 aliphatic heterocycles. The van der Waals surface area contributed by atoms with Gasteiger partial charge in [0.15, 0.2) is 0 Å². The van der Waals surface area contributed by atoms with Crippen molar-refractivity contribution in [2.45, 2.75) is 33.1 Å². The molecule has 1 aromatic carbocycles. The molecular formula is C13H19I. The van der Waals surface area contributed by atoms with Crippen molar-refractivity contribution in [2.75, 3.05) is 4.93 Å². The van der Waals surface area contributed by atoms with Crippen molar-refractivity contribution >= 4 is 22.6 Å². The Labute approximate surface area is 101 Å². The summed E-state index contributed by atoms with van der Waals surface area (Å²) in [5.41, 5.74) is 4.58. The number of hydrogen-bond donors (Lipinski definition) is 0. The smallest absolute Gasteiger partial charge is 0.0121 e. The molecule has 0 N–H and O–H groups in total. The fraction of sp³-hybridized carbons (Fsp3) is 0.538. The molecule has 0 saturated heterocycles. The van der Waals surface area contributed by atoms with Gasteiger partial charge in [-0.05, 0) is 48.2 Å². The number of halogens is 1. The molecular weight excluding hydrogens is 283 g/mol. The van der Waals surface area contributed by atoms with Crippen molar-refractivity contribution in [1.29, 1.82) is 0 Å². The molecule has 0 spiro atoms. The molecule has 1 aromatic rings. The Bertz CT molecular complexity index is 291. The van der Waals surface area contributed by atoms with Crippen LogP contribution in [-0.2, 0) is 12.8 Å². The van der Waals surface area contributed by atoms with E-state index in [4.69, 9.17) is 0 Å². The van der Waals surface area contributed by atoms with Crippen molar-refractivity contribution in [2.24, 2.45) is 5.92 Å². The second-order valence-electron chi connectivity index (χ2n) is 4.12. The fourth-order valence-corrected chi connectivity index (χ4v) is 2.07. The van der Waals surface area contributed by atoms with Crippen molar-refractivity contribution < 1.29 is 0 Å². The van der Waals surface area contributed by atoms with Gasteiger partial charge in [-0.15, -0.1) is 0 Å². The molecule has 0 nitrogen and oxygen atoms in total. The Morgan fingerprint density at radius 2 is 1.93 bits per heavy atom. The number of alkyl halides is 1. The van der Waals surface area contributed by atoms with Gasteiger partial charge in [0.25, 0.3) is 0 Å². The van der Waals surface area contributed by atoms with E-state index < -0.39 is 0 Å². The van der Waals surface area contributed by atoms with Crippen molar-refractivity contribution in [3.05, 3.63) is 34.9 Å². The lowest BCUT2D eigenvalue weighted by atomic mass is 9.84. The molecule has 0 fully saturated rings. The van der Waals surface area contributed by atoms with E-state index >= 15 is 0 Å². The van der Waals surface area contributed by atoms with E-state index in [0.717, 1.165) is 5.92 Å². The topological polar surface area (TPSA) is 0 Å². The van der Waals surface area contributed by atoms with Gasteiger partial charge in [-0.25, -0.2) is 0 Å². The van der Waals surface area contributed by atoms with Gasteiger partial charge in [-0.2, -0.15) is 0 Å². The summed E-state index contributed by atoms with van der Waals surface area (Å²) in [6.07, 6.45) is 3.95. The second kappa shape index (κ2) is 5.74. The predicted molar refractivity (Wildman–Crippen MR) is 72.3 cm³/mol. The minimum absolute atomic E-state index is 0.889. The highest BCUT2D eigenvalue weighted by Crippen LogP contribution is 2.25. The second-order valence-corrected chi connectivity index (χ2v) is 4.12. The van der Waals surface area contributed by atoms with E-state index in [0.29, 0.717) is 0 Å². The molecule has 1 aliphatic rings. The Balaban J connectivity index is 0.000000461. The first-order chi connectivity index (χ1) is 6.75. The molecule has 0 saturated carbocycles. The highest BCUT2D eigenvalue weighted by molar-refractivity contribution is 14.1. The highest BCUT2D eigenvalue weighted by Gasteiger charge is 2.14. The van der Waals surface area contributed by atoms with E-state index in [1.54, 1.807) is 11.1 Å². The number of fused-ring (bicyclic) bond motifs is 1. The number of aryl methyl sites for hydroxylation is 2. The first kappa shape index (κ1) is 12.0. The molecule has 0 heterocycles. The van der Waals surface area contributed by atoms with E-state index in [9.17, 15) is 0 Å². The van der Waals surface area contributed by atoms with Crippen LogP contribution < -0.4 is 0 Å². The molecule has 78 valence electrons. The van der Waals surface area contributed by atoms with Crippen LogP contribution in [0.5, 0.6) is 0 Å². The van der Waals surface area contributed by atoms with Crippen LogP contribution in [0.3, 0.4) is 0 Å². The zero-order valence-corrected chi connectivity index (χ0v) is 11.5. The molecule has 0 bridgehead atoms. The van der Waals surface area contributed by atoms with Gasteiger partial charge in [0, 0.05) is 0 Å². The van der Waals surface area contributed by atoms with Gasteiger partial charge >= 0.3 is 0 Å². The molecule has 2 rings (SSSR count). The molecule has 0 radical (unpaired) electrons. The molecule has 0 aromatic heterocycles. The Hall–Kier alpha value is -0.0500. The Morgan fingerprint density at radius 1 is 1.21 bits per heavy atom. The molecule has 0 amide bonds. The average Bonchev–Trinajstić information content (AvgIpc) is 2.21. The van der Waals surface area contributed by atoms with Crippen LogP contribution in [0, 0.1) is 12.8 Å². The van der Waals surface area contributed by atoms with Gasteiger partial charge in [-0.1, -0.05) is 53.3 Å². The average molecular weight is 302 g/mol. The van der Waals surface area contributed by atoms with Crippen LogP contribution in [0.25, 0.3) is 0 Å². The third-order valence-electron chi connectivity index (χ3n) is 2.84. The largest absolute Gasteiger partial charge is 0.0901 e. The van der Waals surface area contributed by atoms with Gasteiger partial charge in [-0.3, -0.25) is 0 Å². The first-order valence-corrected chi connectivity index (χ1v) is 7.37. The third-order valence-corrected chi connectivity index (χ3v) is 2.84. The quantitative estimate of drug-likeness (QED) is 0.498. The standard InChI is InChI=1S/C12H16.CH3I/c1-9-3-5-12-8-10(2)4-6-11(12)7-9;1-2/h3,5,7,10H,4,6,8H2,1-2H3;1H3. The molecule has 14 heavy (non-hydrogen) atoms. The molecule has 1 aliphatic carbocycles. The molecule has 1 unspecified atom stereocenters. The first-order valence-electron chi connectivity index (χ1n) is 5.22. The predicted octanol–water partition coefficient (Wildman–Crippen LogP) is 4.17. The van der Waals surface area contributed by atoms with Crippen molar-refractivity contribution in [3.63, 3.8) is 0 Å². The number of hydrogen-bond acceptors (Lipinski definition) is 0. The van der Waals surface area contributed by atoms with Crippen molar-refractivity contribution in [3.8, 4) is 0 Å². The van der Waals surface area contributed by atoms with E-state index in [-0.39, 0.29) is 0 Å². The summed E-state index contributed by atoms with van der Waals surface area (Å²) < 4.78 is 0. The summed E-state index contributed by atoms with van der Waals surface area (Å²) in [5, 5.41) is 0. The van der Waals surface area contributed by atoms with Crippen molar-refractivity contribution in [1.82, 2.24) is 0 Å². The minimum atomic E-state index is 0.889. The SMILES string of the molecule is CI.Cc1ccc2c(c1)CCC(C)C2. The lowest BCUT2D eigenvalue weighted by Crippen LogP contribution is -2.10. The summed E-state index contributed by atoms with van der Waals surface area (Å²) in [7, 11) is 0. The summed E-state index contributed by atoms with van der Waals surface area (Å²) >= 11 is 2.15. The van der Waals surface area contributed by atoms with Crippen LogP contribution in [0.2, 0.25) is 0 Å². The number of rotatable bonds is 0. The van der Waals surface area contributed by atoms with Gasteiger partial charge < -0.3 is 0 Å². The number of benzene rings is 1. The van der Waals surface area contributed by atoms with Gasteiger partial charge in [0.05, 0.1) is 0 Å². The Morgan fingerprint density at radius 3 is 2.64 bits per heavy atom. The van der Waals surface area contributed by atoms with Crippen LogP contribution in [0.4, 0.5) is 0 Å². The zero-order valence-electron chi connectivity index (χ0n) is 9.31. The van der Waals surface area contributed by atoms with E-state index in [1.807, 2.05) is 4.93 Å². The van der Waals surface area contributed by atoms with Crippen LogP contribution >= 0.6 is 22.6 Å². The lowest BCUT2D eigenvalue weighted by molar-refractivity contribution is 0.501. The highest BCUT2D eigenvalue weighted by atomic mass is 127. The maximum absolute atomic E-state index is 2.35. The summed E-state index contributed by atoms with van der Waals surface area (Å²) in [4.78, 5) is 1.97. The minimum Gasteiger partial charge on any atom is -0.0901 e. The van der Waals surface area contributed by atoms with Crippen LogP contribution in [-0.4, -0.2) is 4.93 Å². The van der Waals surface area contributed by atoms with Crippen LogP contribution in [0.15, 0.2) is 18.2 Å². The Kier molecular flexibility index (Phi) is 4.93. The van der Waals surface area contributed by atoms with Gasteiger partial charge in [0.2, 0.25) is 0 Å². The summed E-state index contributed by atoms with van der Waals surface area (Å²) in [6, 6.07) is 6.89. The third kappa shape index (κ3) is 2.97. The van der Waals surface area contributed by atoms with Gasteiger partial charge in [0.1, 0.15) is 0 Å². The lowest BCUT2D eigenvalue weighted by Gasteiger charge is -2.21. The normalized spacial score (nSPS) is 19.3.